The summed E-state index contributed by atoms with van der Waals surface area (Å²) in [5.74, 6) is -0.701. The first-order chi connectivity index (χ1) is 10.4. The molecule has 1 aromatic rings. The second kappa shape index (κ2) is 5.92. The third kappa shape index (κ3) is 3.20. The maximum Gasteiger partial charge on any atom is 0.178 e. The Bertz CT molecular complexity index is 620. The maximum absolute atomic E-state index is 12.6. The summed E-state index contributed by atoms with van der Waals surface area (Å²) in [6, 6.07) is 6.84. The molecule has 3 rings (SSSR count). The van der Waals surface area contributed by atoms with E-state index < -0.39 is 15.6 Å². The molecule has 1 spiro atoms. The van der Waals surface area contributed by atoms with Crippen LogP contribution in [0, 0.1) is 12.8 Å². The summed E-state index contributed by atoms with van der Waals surface area (Å²) in [6.45, 7) is 3.09. The molecule has 5 nitrogen and oxygen atoms in total. The van der Waals surface area contributed by atoms with Crippen LogP contribution in [-0.4, -0.2) is 39.2 Å². The van der Waals surface area contributed by atoms with Gasteiger partial charge in [-0.1, -0.05) is 17.7 Å². The van der Waals surface area contributed by atoms with Crippen molar-refractivity contribution in [2.24, 2.45) is 11.7 Å². The number of sulfone groups is 1. The van der Waals surface area contributed by atoms with Crippen molar-refractivity contribution in [2.75, 3.05) is 19.0 Å². The number of benzene rings is 1. The van der Waals surface area contributed by atoms with Gasteiger partial charge in [0, 0.05) is 18.9 Å². The van der Waals surface area contributed by atoms with Crippen LogP contribution in [0.15, 0.2) is 29.2 Å². The number of nitrogens with two attached hydrogens (primary N) is 1. The SMILES string of the molecule is Cc1ccc(S(=O)(=O)C[C@@H]2CC3(CC[C@@H]2N)OCCO3)cc1. The van der Waals surface area contributed by atoms with E-state index in [0.717, 1.165) is 18.4 Å². The lowest BCUT2D eigenvalue weighted by molar-refractivity contribution is -0.187. The number of aryl methyl sites for hydroxylation is 1. The van der Waals surface area contributed by atoms with Crippen LogP contribution in [0.3, 0.4) is 0 Å². The third-order valence-electron chi connectivity index (χ3n) is 4.66. The fourth-order valence-corrected chi connectivity index (χ4v) is 5.01. The summed E-state index contributed by atoms with van der Waals surface area (Å²) in [5.41, 5.74) is 7.21. The van der Waals surface area contributed by atoms with Crippen LogP contribution in [0.4, 0.5) is 0 Å². The van der Waals surface area contributed by atoms with Crippen molar-refractivity contribution in [2.45, 2.75) is 42.9 Å². The highest BCUT2D eigenvalue weighted by Crippen LogP contribution is 2.39. The van der Waals surface area contributed by atoms with Crippen LogP contribution < -0.4 is 5.73 Å². The Balaban J connectivity index is 1.76. The van der Waals surface area contributed by atoms with Gasteiger partial charge in [-0.05, 0) is 31.4 Å². The van der Waals surface area contributed by atoms with Crippen molar-refractivity contribution in [3.63, 3.8) is 0 Å². The lowest BCUT2D eigenvalue weighted by Crippen LogP contribution is -2.48. The quantitative estimate of drug-likeness (QED) is 0.914. The number of rotatable bonds is 3. The molecule has 1 aromatic carbocycles. The minimum absolute atomic E-state index is 0.0473. The Morgan fingerprint density at radius 1 is 1.23 bits per heavy atom. The molecule has 0 bridgehead atoms. The monoisotopic (exact) mass is 325 g/mol. The summed E-state index contributed by atoms with van der Waals surface area (Å²) in [7, 11) is -3.35. The first-order valence-corrected chi connectivity index (χ1v) is 9.38. The Hall–Kier alpha value is -0.950. The van der Waals surface area contributed by atoms with Crippen LogP contribution in [0.25, 0.3) is 0 Å². The molecule has 2 fully saturated rings. The molecular weight excluding hydrogens is 302 g/mol. The highest BCUT2D eigenvalue weighted by molar-refractivity contribution is 7.91. The Morgan fingerprint density at radius 2 is 1.86 bits per heavy atom. The molecule has 1 saturated carbocycles. The van der Waals surface area contributed by atoms with Gasteiger partial charge in [0.25, 0.3) is 0 Å². The van der Waals surface area contributed by atoms with Crippen molar-refractivity contribution in [3.05, 3.63) is 29.8 Å². The molecule has 1 saturated heterocycles. The van der Waals surface area contributed by atoms with E-state index in [9.17, 15) is 8.42 Å². The summed E-state index contributed by atoms with van der Waals surface area (Å²) in [5, 5.41) is 0. The Morgan fingerprint density at radius 3 is 2.50 bits per heavy atom. The van der Waals surface area contributed by atoms with Gasteiger partial charge in [0.15, 0.2) is 15.6 Å². The molecule has 2 aliphatic rings. The van der Waals surface area contributed by atoms with E-state index >= 15 is 0 Å². The molecule has 1 heterocycles. The number of ether oxygens (including phenoxy) is 2. The molecule has 1 aliphatic carbocycles. The summed E-state index contributed by atoms with van der Waals surface area (Å²) >= 11 is 0. The summed E-state index contributed by atoms with van der Waals surface area (Å²) < 4.78 is 36.7. The van der Waals surface area contributed by atoms with E-state index in [1.54, 1.807) is 12.1 Å². The van der Waals surface area contributed by atoms with Gasteiger partial charge in [0.1, 0.15) is 0 Å². The van der Waals surface area contributed by atoms with Gasteiger partial charge < -0.3 is 15.2 Å². The molecule has 6 heteroatoms. The smallest absolute Gasteiger partial charge is 0.178 e. The van der Waals surface area contributed by atoms with Crippen molar-refractivity contribution in [3.8, 4) is 0 Å². The molecule has 122 valence electrons. The van der Waals surface area contributed by atoms with Gasteiger partial charge in [0.2, 0.25) is 0 Å². The van der Waals surface area contributed by atoms with Gasteiger partial charge in [0.05, 0.1) is 23.9 Å². The molecule has 1 aliphatic heterocycles. The van der Waals surface area contributed by atoms with E-state index in [4.69, 9.17) is 15.2 Å². The van der Waals surface area contributed by atoms with Crippen LogP contribution in [0.1, 0.15) is 24.8 Å². The first-order valence-electron chi connectivity index (χ1n) is 7.73. The maximum atomic E-state index is 12.6. The summed E-state index contributed by atoms with van der Waals surface area (Å²) in [4.78, 5) is 0.359. The number of hydrogen-bond donors (Lipinski definition) is 1. The van der Waals surface area contributed by atoms with Crippen molar-refractivity contribution in [1.82, 2.24) is 0 Å². The van der Waals surface area contributed by atoms with E-state index in [-0.39, 0.29) is 17.7 Å². The van der Waals surface area contributed by atoms with Crippen LogP contribution in [0.5, 0.6) is 0 Å². The molecule has 2 atom stereocenters. The van der Waals surface area contributed by atoms with Crippen LogP contribution in [0.2, 0.25) is 0 Å². The zero-order valence-electron chi connectivity index (χ0n) is 12.8. The molecule has 0 unspecified atom stereocenters. The first kappa shape index (κ1) is 15.9. The predicted molar refractivity (Wildman–Crippen MR) is 83.2 cm³/mol. The predicted octanol–water partition coefficient (Wildman–Crippen LogP) is 1.64. The largest absolute Gasteiger partial charge is 0.348 e. The molecule has 0 radical (unpaired) electrons. The van der Waals surface area contributed by atoms with Crippen LogP contribution in [-0.2, 0) is 19.3 Å². The average molecular weight is 325 g/mol. The minimum Gasteiger partial charge on any atom is -0.348 e. The van der Waals surface area contributed by atoms with E-state index in [1.165, 1.54) is 0 Å². The normalized spacial score (nSPS) is 28.1. The third-order valence-corrected chi connectivity index (χ3v) is 6.52. The number of hydrogen-bond acceptors (Lipinski definition) is 5. The van der Waals surface area contributed by atoms with Gasteiger partial charge in [-0.3, -0.25) is 0 Å². The molecule has 2 N–H and O–H groups in total. The zero-order valence-corrected chi connectivity index (χ0v) is 13.6. The van der Waals surface area contributed by atoms with E-state index in [2.05, 4.69) is 0 Å². The molecule has 22 heavy (non-hydrogen) atoms. The highest BCUT2D eigenvalue weighted by atomic mass is 32.2. The lowest BCUT2D eigenvalue weighted by Gasteiger charge is -2.39. The average Bonchev–Trinajstić information content (AvgIpc) is 2.92. The topological polar surface area (TPSA) is 78.6 Å². The Kier molecular flexibility index (Phi) is 4.29. The van der Waals surface area contributed by atoms with Gasteiger partial charge in [-0.15, -0.1) is 0 Å². The zero-order chi connectivity index (χ0) is 15.8. The molecule has 0 amide bonds. The van der Waals surface area contributed by atoms with Crippen molar-refractivity contribution < 1.29 is 17.9 Å². The highest BCUT2D eigenvalue weighted by Gasteiger charge is 2.45. The lowest BCUT2D eigenvalue weighted by atomic mass is 9.82. The van der Waals surface area contributed by atoms with Gasteiger partial charge >= 0.3 is 0 Å². The van der Waals surface area contributed by atoms with E-state index in [1.807, 2.05) is 19.1 Å². The fourth-order valence-electron chi connectivity index (χ4n) is 3.34. The van der Waals surface area contributed by atoms with Crippen molar-refractivity contribution in [1.29, 1.82) is 0 Å². The minimum atomic E-state index is -3.35. The fraction of sp³-hybridized carbons (Fsp3) is 0.625. The molecular formula is C16H23NO4S. The molecule has 0 aromatic heterocycles. The second-order valence-corrected chi connectivity index (χ2v) is 8.40. The van der Waals surface area contributed by atoms with Crippen LogP contribution >= 0.6 is 0 Å². The summed E-state index contributed by atoms with van der Waals surface area (Å²) in [6.07, 6.45) is 2.03. The van der Waals surface area contributed by atoms with Gasteiger partial charge in [-0.2, -0.15) is 0 Å². The Labute approximate surface area is 131 Å². The standard InChI is InChI=1S/C16H23NO4S/c1-12-2-4-14(5-3-12)22(18,19)11-13-10-16(7-6-15(13)17)20-8-9-21-16/h2-5,13,15H,6-11,17H2,1H3/t13-,15-/m0/s1. The second-order valence-electron chi connectivity index (χ2n) is 6.37. The van der Waals surface area contributed by atoms with Gasteiger partial charge in [-0.25, -0.2) is 8.42 Å². The van der Waals surface area contributed by atoms with E-state index in [0.29, 0.717) is 24.5 Å². The van der Waals surface area contributed by atoms with Crippen molar-refractivity contribution >= 4 is 9.84 Å².